The predicted octanol–water partition coefficient (Wildman–Crippen LogP) is 20.7. The van der Waals surface area contributed by atoms with Gasteiger partial charge < -0.3 is 33.5 Å². The van der Waals surface area contributed by atoms with Gasteiger partial charge in [-0.15, -0.1) is 0 Å². The van der Waals surface area contributed by atoms with Gasteiger partial charge >= 0.3 is 23.9 Å². The highest BCUT2D eigenvalue weighted by atomic mass is 32.2. The molecular weight excluding hydrogens is 1160 g/mol. The van der Waals surface area contributed by atoms with E-state index in [0.717, 1.165) is 109 Å². The van der Waals surface area contributed by atoms with Crippen molar-refractivity contribution in [2.45, 2.75) is 424 Å². The van der Waals surface area contributed by atoms with Gasteiger partial charge in [-0.3, -0.25) is 23.7 Å². The molecule has 530 valence electrons. The first-order valence-electron chi connectivity index (χ1n) is 38.1. The summed E-state index contributed by atoms with van der Waals surface area (Å²) in [6.45, 7) is 8.15. The van der Waals surface area contributed by atoms with E-state index >= 15 is 0 Å². The molecule has 0 aromatic rings. The Kier molecular flexibility index (Phi) is 59.3. The molecular formula is C75H140O14S. The molecule has 2 N–H and O–H groups in total. The normalized spacial score (nSPS) is 17.2. The van der Waals surface area contributed by atoms with E-state index in [0.29, 0.717) is 25.7 Å². The second-order valence-corrected chi connectivity index (χ2v) is 28.1. The molecule has 1 aliphatic heterocycles. The number of allylic oxidation sites excluding steroid dienone is 2. The van der Waals surface area contributed by atoms with Gasteiger partial charge in [-0.25, -0.2) is 0 Å². The lowest BCUT2D eigenvalue weighted by molar-refractivity contribution is -0.302. The fourth-order valence-electron chi connectivity index (χ4n) is 12.1. The molecule has 0 unspecified atom stereocenters. The maximum absolute atomic E-state index is 13.8. The molecule has 0 radical (unpaired) electrons. The van der Waals surface area contributed by atoms with Crippen molar-refractivity contribution >= 4 is 34.0 Å². The second kappa shape index (κ2) is 62.5. The third kappa shape index (κ3) is 53.7. The smallest absolute Gasteiger partial charge is 0.306 e. The fraction of sp³-hybridized carbons (Fsp3) is 0.920. The lowest BCUT2D eigenvalue weighted by Gasteiger charge is -2.43. The van der Waals surface area contributed by atoms with Crippen molar-refractivity contribution < 1.29 is 65.7 Å². The van der Waals surface area contributed by atoms with Crippen LogP contribution in [0.25, 0.3) is 0 Å². The van der Waals surface area contributed by atoms with Crippen molar-refractivity contribution in [1.29, 1.82) is 0 Å². The summed E-state index contributed by atoms with van der Waals surface area (Å²) < 4.78 is 70.8. The van der Waals surface area contributed by atoms with E-state index in [1.165, 1.54) is 199 Å². The standard InChI is InChI=1S/C75H140O14S/c1-5-9-13-17-21-25-29-33-34-38-39-43-47-51-55-59-68(76)84-63-66(86-69(77)60-56-52-48-44-40-35-30-26-22-18-14-10-6-2)64-85-75-74(89-71(79)62-58-54-50-46-42-37-32-28-24-20-16-12-8-4)73(72(80)67(87-75)65-90(81,82)83)88-70(78)61-57-53-49-45-41-36-31-27-23-19-15-11-7-3/h33-34,66-67,72-75,80H,5-32,35-65H2,1-4H3,(H,81,82,83)/b34-33+/t66-,67-,72-,73+,74-,75+/m1/s1. The van der Waals surface area contributed by atoms with Gasteiger partial charge in [0.05, 0.1) is 6.61 Å². The van der Waals surface area contributed by atoms with Crippen LogP contribution < -0.4 is 0 Å². The number of carbonyl (C=O) groups is 4. The highest BCUT2D eigenvalue weighted by Crippen LogP contribution is 2.30. The first kappa shape index (κ1) is 85.4. The highest BCUT2D eigenvalue weighted by molar-refractivity contribution is 7.85. The van der Waals surface area contributed by atoms with Crippen LogP contribution in [-0.4, -0.2) is 97.7 Å². The molecule has 90 heavy (non-hydrogen) atoms. The van der Waals surface area contributed by atoms with Gasteiger partial charge in [-0.2, -0.15) is 8.42 Å². The van der Waals surface area contributed by atoms with Gasteiger partial charge in [0.2, 0.25) is 0 Å². The first-order chi connectivity index (χ1) is 43.8. The van der Waals surface area contributed by atoms with E-state index in [2.05, 4.69) is 39.8 Å². The second-order valence-electron chi connectivity index (χ2n) is 26.6. The van der Waals surface area contributed by atoms with Gasteiger partial charge in [-0.1, -0.05) is 322 Å². The van der Waals surface area contributed by atoms with E-state index in [9.17, 15) is 37.3 Å². The number of esters is 4. The number of carbonyl (C=O) groups excluding carboxylic acids is 4. The number of aliphatic hydroxyl groups excluding tert-OH is 1. The van der Waals surface area contributed by atoms with Crippen LogP contribution in [0, 0.1) is 0 Å². The number of unbranched alkanes of at least 4 members (excludes halogenated alkanes) is 47. The molecule has 6 atom stereocenters. The third-order valence-corrected chi connectivity index (χ3v) is 18.5. The Morgan fingerprint density at radius 2 is 0.678 bits per heavy atom. The predicted molar refractivity (Wildman–Crippen MR) is 368 cm³/mol. The molecule has 0 saturated carbocycles. The molecule has 1 aliphatic rings. The monoisotopic (exact) mass is 1300 g/mol. The molecule has 0 aromatic heterocycles. The van der Waals surface area contributed by atoms with Crippen LogP contribution in [0.15, 0.2) is 12.2 Å². The Hall–Kier alpha value is -2.59. The van der Waals surface area contributed by atoms with E-state index in [1.54, 1.807) is 0 Å². The van der Waals surface area contributed by atoms with Crippen molar-refractivity contribution in [3.8, 4) is 0 Å². The fourth-order valence-corrected chi connectivity index (χ4v) is 12.8. The zero-order valence-electron chi connectivity index (χ0n) is 58.5. The Morgan fingerprint density at radius 1 is 0.389 bits per heavy atom. The van der Waals surface area contributed by atoms with Crippen LogP contribution in [0.2, 0.25) is 0 Å². The number of aliphatic hydroxyl groups is 1. The number of rotatable bonds is 67. The molecule has 1 rings (SSSR count). The van der Waals surface area contributed by atoms with Crippen molar-refractivity contribution in [2.75, 3.05) is 19.0 Å². The van der Waals surface area contributed by atoms with Crippen molar-refractivity contribution in [1.82, 2.24) is 0 Å². The molecule has 0 aliphatic carbocycles. The maximum atomic E-state index is 13.8. The SMILES string of the molecule is CCCCCCCC/C=C/CCCCCCCC(=O)OC[C@H](CO[C@H]1O[C@H](CS(=O)(=O)O)[C@@H](O)[C@H](OC(=O)CCCCCCCCCCCCCCC)[C@H]1OC(=O)CCCCCCCCCCCCCCC)OC(=O)CCCCCCCCCCCCCCC. The average Bonchev–Trinajstić information content (AvgIpc) is 0.890. The van der Waals surface area contributed by atoms with Gasteiger partial charge in [0.25, 0.3) is 10.1 Å². The van der Waals surface area contributed by atoms with E-state index in [1.807, 2.05) is 0 Å². The largest absolute Gasteiger partial charge is 0.462 e. The molecule has 0 aromatic carbocycles. The zero-order valence-corrected chi connectivity index (χ0v) is 59.4. The molecule has 0 spiro atoms. The molecule has 1 fully saturated rings. The number of hydrogen-bond acceptors (Lipinski definition) is 13. The zero-order chi connectivity index (χ0) is 65.6. The third-order valence-electron chi connectivity index (χ3n) is 17.8. The first-order valence-corrected chi connectivity index (χ1v) is 39.7. The molecule has 14 nitrogen and oxygen atoms in total. The summed E-state index contributed by atoms with van der Waals surface area (Å²) in [6.07, 6.45) is 54.4. The summed E-state index contributed by atoms with van der Waals surface area (Å²) in [6, 6.07) is 0. The molecule has 1 heterocycles. The Labute approximate surface area is 552 Å². The minimum absolute atomic E-state index is 0.00952. The summed E-state index contributed by atoms with van der Waals surface area (Å²) in [5.41, 5.74) is 0. The van der Waals surface area contributed by atoms with Crippen LogP contribution in [0.1, 0.15) is 387 Å². The van der Waals surface area contributed by atoms with Crippen molar-refractivity contribution in [3.63, 3.8) is 0 Å². The van der Waals surface area contributed by atoms with Crippen LogP contribution in [0.5, 0.6) is 0 Å². The number of hydrogen-bond donors (Lipinski definition) is 2. The molecule has 15 heteroatoms. The van der Waals surface area contributed by atoms with Gasteiger partial charge in [0.1, 0.15) is 24.6 Å². The number of ether oxygens (including phenoxy) is 6. The molecule has 1 saturated heterocycles. The summed E-state index contributed by atoms with van der Waals surface area (Å²) in [4.78, 5) is 54.1. The van der Waals surface area contributed by atoms with E-state index in [4.69, 9.17) is 28.4 Å². The summed E-state index contributed by atoms with van der Waals surface area (Å²) >= 11 is 0. The minimum atomic E-state index is -4.77. The topological polar surface area (TPSA) is 198 Å². The van der Waals surface area contributed by atoms with Crippen LogP contribution in [0.4, 0.5) is 0 Å². The van der Waals surface area contributed by atoms with Crippen LogP contribution in [0.3, 0.4) is 0 Å². The lowest BCUT2D eigenvalue weighted by Crippen LogP contribution is -2.62. The minimum Gasteiger partial charge on any atom is -0.462 e. The molecule has 0 amide bonds. The summed E-state index contributed by atoms with van der Waals surface area (Å²) in [5, 5.41) is 11.7. The summed E-state index contributed by atoms with van der Waals surface area (Å²) in [7, 11) is -4.77. The Bertz CT molecular complexity index is 1790. The van der Waals surface area contributed by atoms with Gasteiger partial charge in [0, 0.05) is 25.7 Å². The van der Waals surface area contributed by atoms with Crippen molar-refractivity contribution in [2.24, 2.45) is 0 Å². The quantitative estimate of drug-likeness (QED) is 0.0192. The maximum Gasteiger partial charge on any atom is 0.306 e. The van der Waals surface area contributed by atoms with Gasteiger partial charge in [0.15, 0.2) is 24.6 Å². The van der Waals surface area contributed by atoms with Crippen LogP contribution >= 0.6 is 0 Å². The lowest BCUT2D eigenvalue weighted by atomic mass is 9.99. The van der Waals surface area contributed by atoms with E-state index < -0.39 is 83.2 Å². The highest BCUT2D eigenvalue weighted by Gasteiger charge is 2.51. The van der Waals surface area contributed by atoms with Gasteiger partial charge in [-0.05, 0) is 51.4 Å². The summed E-state index contributed by atoms with van der Waals surface area (Å²) in [5.74, 6) is -3.37. The Morgan fingerprint density at radius 3 is 1.01 bits per heavy atom. The Balaban J connectivity index is 3.14. The van der Waals surface area contributed by atoms with Crippen LogP contribution in [-0.2, 0) is 57.7 Å². The van der Waals surface area contributed by atoms with E-state index in [-0.39, 0.29) is 32.3 Å². The average molecular weight is 1300 g/mol. The van der Waals surface area contributed by atoms with Crippen molar-refractivity contribution in [3.05, 3.63) is 12.2 Å². The molecule has 0 bridgehead atoms.